The van der Waals surface area contributed by atoms with Crippen LogP contribution in [0.1, 0.15) is 47.1 Å². The van der Waals surface area contributed by atoms with Gasteiger partial charge in [0.2, 0.25) is 5.88 Å². The second kappa shape index (κ2) is 7.75. The number of hydrogen-bond acceptors (Lipinski definition) is 7. The zero-order valence-corrected chi connectivity index (χ0v) is 18.1. The molecule has 0 spiro atoms. The van der Waals surface area contributed by atoms with E-state index in [1.54, 1.807) is 19.2 Å². The minimum Gasteiger partial charge on any atom is -0.504 e. The van der Waals surface area contributed by atoms with Crippen LogP contribution in [0.4, 0.5) is 5.88 Å². The first-order chi connectivity index (χ1) is 15.5. The van der Waals surface area contributed by atoms with Crippen LogP contribution in [0.5, 0.6) is 17.2 Å². The number of nitrogens with one attached hydrogen (secondary N) is 1. The van der Waals surface area contributed by atoms with Crippen molar-refractivity contribution in [1.29, 1.82) is 0 Å². The number of fused-ring (bicyclic) bond motifs is 1. The van der Waals surface area contributed by atoms with E-state index in [1.807, 2.05) is 37.3 Å². The molecule has 2 N–H and O–H groups in total. The van der Waals surface area contributed by atoms with Gasteiger partial charge in [0.1, 0.15) is 5.75 Å². The molecule has 0 fully saturated rings. The van der Waals surface area contributed by atoms with Gasteiger partial charge in [0.05, 0.1) is 25.5 Å². The Morgan fingerprint density at radius 3 is 2.50 bits per heavy atom. The van der Waals surface area contributed by atoms with Gasteiger partial charge in [-0.1, -0.05) is 23.4 Å². The van der Waals surface area contributed by atoms with Crippen molar-refractivity contribution >= 4 is 11.7 Å². The van der Waals surface area contributed by atoms with E-state index in [9.17, 15) is 9.90 Å². The SMILES string of the molecule is COc1ccc(C2CC(=O)C3=C(C2)Nc2onc(C)c2C3c2ccc(OC)c(O)c2)cc1. The van der Waals surface area contributed by atoms with Gasteiger partial charge in [-0.15, -0.1) is 0 Å². The second-order valence-electron chi connectivity index (χ2n) is 8.19. The Hall–Kier alpha value is -3.74. The highest BCUT2D eigenvalue weighted by molar-refractivity contribution is 6.01. The largest absolute Gasteiger partial charge is 0.504 e. The molecule has 2 unspecified atom stereocenters. The monoisotopic (exact) mass is 432 g/mol. The number of anilines is 1. The average Bonchev–Trinajstić information content (AvgIpc) is 3.17. The maximum absolute atomic E-state index is 13.5. The lowest BCUT2D eigenvalue weighted by atomic mass is 9.72. The van der Waals surface area contributed by atoms with Crippen LogP contribution in [-0.2, 0) is 4.79 Å². The fourth-order valence-corrected chi connectivity index (χ4v) is 4.80. The number of aromatic hydroxyl groups is 1. The molecular formula is C25H24N2O5. The summed E-state index contributed by atoms with van der Waals surface area (Å²) in [6.45, 7) is 1.86. The van der Waals surface area contributed by atoms with Gasteiger partial charge in [-0.2, -0.15) is 0 Å². The summed E-state index contributed by atoms with van der Waals surface area (Å²) in [7, 11) is 3.14. The third kappa shape index (κ3) is 3.21. The van der Waals surface area contributed by atoms with Gasteiger partial charge >= 0.3 is 0 Å². The summed E-state index contributed by atoms with van der Waals surface area (Å²) < 4.78 is 16.0. The van der Waals surface area contributed by atoms with Gasteiger partial charge in [-0.05, 0) is 54.7 Å². The molecule has 1 aliphatic carbocycles. The summed E-state index contributed by atoms with van der Waals surface area (Å²) in [5, 5.41) is 17.9. The van der Waals surface area contributed by atoms with Crippen LogP contribution >= 0.6 is 0 Å². The number of hydrogen-bond donors (Lipinski definition) is 2. The van der Waals surface area contributed by atoms with Crippen molar-refractivity contribution in [2.75, 3.05) is 19.5 Å². The third-order valence-corrected chi connectivity index (χ3v) is 6.38. The smallest absolute Gasteiger partial charge is 0.233 e. The first-order valence-corrected chi connectivity index (χ1v) is 10.5. The highest BCUT2D eigenvalue weighted by Crippen LogP contribution is 2.49. The number of ether oxygens (including phenoxy) is 2. The molecule has 3 aromatic rings. The standard InChI is InChI=1S/C25H24N2O5/c1-13-22-23(15-6-9-21(31-3)19(28)11-15)24-18(26-25(22)32-27-13)10-16(12-20(24)29)14-4-7-17(30-2)8-5-14/h4-9,11,16,23,26,28H,10,12H2,1-3H3. The fourth-order valence-electron chi connectivity index (χ4n) is 4.80. The Balaban J connectivity index is 1.58. The number of methoxy groups -OCH3 is 2. The summed E-state index contributed by atoms with van der Waals surface area (Å²) in [4.78, 5) is 13.5. The Labute approximate surface area is 185 Å². The van der Waals surface area contributed by atoms with E-state index in [0.29, 0.717) is 35.7 Å². The van der Waals surface area contributed by atoms with Crippen molar-refractivity contribution in [2.24, 2.45) is 0 Å². The lowest BCUT2D eigenvalue weighted by Gasteiger charge is -2.34. The molecule has 0 radical (unpaired) electrons. The Morgan fingerprint density at radius 1 is 1.06 bits per heavy atom. The number of nitrogens with zero attached hydrogens (tertiary/aromatic N) is 1. The van der Waals surface area contributed by atoms with Gasteiger partial charge in [-0.3, -0.25) is 4.79 Å². The highest BCUT2D eigenvalue weighted by atomic mass is 16.5. The molecule has 1 aromatic heterocycles. The molecule has 2 aromatic carbocycles. The molecule has 2 heterocycles. The van der Waals surface area contributed by atoms with Crippen molar-refractivity contribution in [3.63, 3.8) is 0 Å². The average molecular weight is 432 g/mol. The molecule has 1 aliphatic heterocycles. The minimum absolute atomic E-state index is 0.0284. The molecule has 0 amide bonds. The van der Waals surface area contributed by atoms with Crippen molar-refractivity contribution in [2.45, 2.75) is 31.6 Å². The number of allylic oxidation sites excluding steroid dienone is 2. The molecule has 7 heteroatoms. The number of Topliss-reactive ketones (excluding diaryl/α,β-unsaturated/α-hetero) is 1. The zero-order valence-electron chi connectivity index (χ0n) is 18.1. The normalized spacial score (nSPS) is 19.8. The van der Waals surface area contributed by atoms with Gasteiger partial charge < -0.3 is 24.4 Å². The van der Waals surface area contributed by atoms with Crippen LogP contribution in [0.15, 0.2) is 58.3 Å². The first kappa shape index (κ1) is 20.2. The van der Waals surface area contributed by atoms with Crippen molar-refractivity contribution in [3.05, 3.63) is 76.1 Å². The van der Waals surface area contributed by atoms with Gasteiger partial charge in [-0.25, -0.2) is 0 Å². The number of phenolic OH excluding ortho intramolecular Hbond substituents is 1. The highest BCUT2D eigenvalue weighted by Gasteiger charge is 2.41. The van der Waals surface area contributed by atoms with E-state index in [4.69, 9.17) is 14.0 Å². The van der Waals surface area contributed by atoms with Crippen LogP contribution in [0.25, 0.3) is 0 Å². The van der Waals surface area contributed by atoms with E-state index in [-0.39, 0.29) is 23.4 Å². The maximum Gasteiger partial charge on any atom is 0.233 e. The maximum atomic E-state index is 13.5. The summed E-state index contributed by atoms with van der Waals surface area (Å²) in [5.41, 5.74) is 4.96. The summed E-state index contributed by atoms with van der Waals surface area (Å²) in [6.07, 6.45) is 1.08. The number of aromatic nitrogens is 1. The summed E-state index contributed by atoms with van der Waals surface area (Å²) >= 11 is 0. The fraction of sp³-hybridized carbons (Fsp3) is 0.280. The molecule has 7 nitrogen and oxygen atoms in total. The van der Waals surface area contributed by atoms with E-state index in [2.05, 4.69) is 10.5 Å². The number of carbonyl (C=O) groups excluding carboxylic acids is 1. The third-order valence-electron chi connectivity index (χ3n) is 6.38. The van der Waals surface area contributed by atoms with Gasteiger partial charge in [0.25, 0.3) is 0 Å². The van der Waals surface area contributed by atoms with Crippen LogP contribution in [0.2, 0.25) is 0 Å². The molecule has 2 aliphatic rings. The van der Waals surface area contributed by atoms with Gasteiger partial charge in [0.15, 0.2) is 17.3 Å². The molecular weight excluding hydrogens is 408 g/mol. The van der Waals surface area contributed by atoms with E-state index in [0.717, 1.165) is 28.1 Å². The minimum atomic E-state index is -0.367. The number of rotatable bonds is 4. The number of aryl methyl sites for hydroxylation is 1. The Kier molecular flexibility index (Phi) is 4.89. The predicted molar refractivity (Wildman–Crippen MR) is 118 cm³/mol. The van der Waals surface area contributed by atoms with Crippen molar-refractivity contribution in [1.82, 2.24) is 5.16 Å². The molecule has 0 saturated heterocycles. The van der Waals surface area contributed by atoms with Crippen molar-refractivity contribution in [3.8, 4) is 17.2 Å². The molecule has 5 rings (SSSR count). The van der Waals surface area contributed by atoms with E-state index >= 15 is 0 Å². The number of ketones is 1. The van der Waals surface area contributed by atoms with E-state index in [1.165, 1.54) is 7.11 Å². The Morgan fingerprint density at radius 2 is 1.81 bits per heavy atom. The number of phenols is 1. The molecule has 0 bridgehead atoms. The Bertz CT molecular complexity index is 1230. The van der Waals surface area contributed by atoms with Crippen molar-refractivity contribution < 1.29 is 23.9 Å². The first-order valence-electron chi connectivity index (χ1n) is 10.5. The second-order valence-corrected chi connectivity index (χ2v) is 8.19. The van der Waals surface area contributed by atoms with Crippen LogP contribution in [0, 0.1) is 6.92 Å². The number of carbonyl (C=O) groups is 1. The van der Waals surface area contributed by atoms with Crippen LogP contribution in [-0.4, -0.2) is 30.3 Å². The zero-order chi connectivity index (χ0) is 22.4. The van der Waals surface area contributed by atoms with Crippen LogP contribution in [0.3, 0.4) is 0 Å². The lowest BCUT2D eigenvalue weighted by molar-refractivity contribution is -0.116. The quantitative estimate of drug-likeness (QED) is 0.619. The molecule has 2 atom stereocenters. The summed E-state index contributed by atoms with van der Waals surface area (Å²) in [6, 6.07) is 13.1. The van der Waals surface area contributed by atoms with E-state index < -0.39 is 0 Å². The summed E-state index contributed by atoms with van der Waals surface area (Å²) in [5.74, 6) is 1.50. The number of benzene rings is 2. The lowest BCUT2D eigenvalue weighted by Crippen LogP contribution is -2.29. The molecule has 164 valence electrons. The predicted octanol–water partition coefficient (Wildman–Crippen LogP) is 4.66. The van der Waals surface area contributed by atoms with Crippen LogP contribution < -0.4 is 14.8 Å². The topological polar surface area (TPSA) is 93.8 Å². The van der Waals surface area contributed by atoms with Gasteiger partial charge in [0, 0.05) is 23.6 Å². The molecule has 32 heavy (non-hydrogen) atoms. The molecule has 0 saturated carbocycles.